The molecule has 0 aromatic heterocycles. The van der Waals surface area contributed by atoms with Gasteiger partial charge in [-0.15, -0.1) is 0 Å². The van der Waals surface area contributed by atoms with Gasteiger partial charge in [0, 0.05) is 17.6 Å². The first kappa shape index (κ1) is 21.3. The fraction of sp³-hybridized carbons (Fsp3) is 0.300. The van der Waals surface area contributed by atoms with Crippen molar-refractivity contribution in [3.8, 4) is 5.75 Å². The van der Waals surface area contributed by atoms with Crippen LogP contribution in [0.25, 0.3) is 0 Å². The van der Waals surface area contributed by atoms with E-state index in [9.17, 15) is 9.59 Å². The van der Waals surface area contributed by atoms with E-state index in [1.807, 2.05) is 31.2 Å². The largest absolute Gasteiger partial charge is 0.482 e. The summed E-state index contributed by atoms with van der Waals surface area (Å²) in [7, 11) is 0. The molecule has 0 aliphatic carbocycles. The molecule has 0 aliphatic heterocycles. The number of likely N-dealkylation sites (N-methyl/N-ethyl adjacent to an activating group) is 1. The number of ether oxygens (including phenoxy) is 1. The minimum absolute atomic E-state index is 0.204. The molecule has 1 unspecified atom stereocenters. The quantitative estimate of drug-likeness (QED) is 0.656. The van der Waals surface area contributed by atoms with Crippen LogP contribution in [0.3, 0.4) is 0 Å². The van der Waals surface area contributed by atoms with E-state index in [0.717, 1.165) is 10.0 Å². The van der Waals surface area contributed by atoms with Crippen LogP contribution in [0.1, 0.15) is 19.4 Å². The van der Waals surface area contributed by atoms with E-state index in [4.69, 9.17) is 16.3 Å². The third kappa shape index (κ3) is 6.26. The Morgan fingerprint density at radius 1 is 1.19 bits per heavy atom. The van der Waals surface area contributed by atoms with Crippen molar-refractivity contribution < 1.29 is 14.3 Å². The van der Waals surface area contributed by atoms with Crippen LogP contribution in [0.5, 0.6) is 5.75 Å². The SMILES string of the molecule is CCNC(=O)C(C)N(Cc1ccc(Br)cc1)C(=O)COc1ccccc1Cl. The molecule has 0 saturated carbocycles. The van der Waals surface area contributed by atoms with E-state index < -0.39 is 6.04 Å². The Morgan fingerprint density at radius 2 is 1.85 bits per heavy atom. The molecule has 0 fully saturated rings. The lowest BCUT2D eigenvalue weighted by molar-refractivity contribution is -0.142. The second-order valence-electron chi connectivity index (χ2n) is 5.94. The van der Waals surface area contributed by atoms with Crippen molar-refractivity contribution in [2.45, 2.75) is 26.4 Å². The highest BCUT2D eigenvalue weighted by Gasteiger charge is 2.26. The van der Waals surface area contributed by atoms with Gasteiger partial charge in [0.15, 0.2) is 6.61 Å². The molecule has 1 N–H and O–H groups in total. The maximum absolute atomic E-state index is 12.8. The van der Waals surface area contributed by atoms with Crippen molar-refractivity contribution in [1.82, 2.24) is 10.2 Å². The molecule has 2 amide bonds. The van der Waals surface area contributed by atoms with Crippen molar-refractivity contribution >= 4 is 39.3 Å². The molecule has 0 spiro atoms. The lowest BCUT2D eigenvalue weighted by atomic mass is 10.1. The van der Waals surface area contributed by atoms with Crippen LogP contribution in [0, 0.1) is 0 Å². The van der Waals surface area contributed by atoms with E-state index in [1.54, 1.807) is 31.2 Å². The summed E-state index contributed by atoms with van der Waals surface area (Å²) in [4.78, 5) is 26.6. The summed E-state index contributed by atoms with van der Waals surface area (Å²) in [6.45, 7) is 4.14. The number of amides is 2. The first-order chi connectivity index (χ1) is 12.9. The van der Waals surface area contributed by atoms with Gasteiger partial charge in [0.1, 0.15) is 11.8 Å². The van der Waals surface area contributed by atoms with Gasteiger partial charge in [-0.1, -0.05) is 51.8 Å². The van der Waals surface area contributed by atoms with Crippen LogP contribution in [-0.2, 0) is 16.1 Å². The Bertz CT molecular complexity index is 783. The minimum Gasteiger partial charge on any atom is -0.482 e. The van der Waals surface area contributed by atoms with Crippen molar-refractivity contribution in [2.24, 2.45) is 0 Å². The zero-order valence-electron chi connectivity index (χ0n) is 15.2. The molecule has 2 aromatic rings. The molecular weight excluding hydrogens is 432 g/mol. The van der Waals surface area contributed by atoms with Crippen LogP contribution in [0.2, 0.25) is 5.02 Å². The monoisotopic (exact) mass is 452 g/mol. The molecule has 0 radical (unpaired) electrons. The van der Waals surface area contributed by atoms with Gasteiger partial charge in [-0.25, -0.2) is 0 Å². The molecule has 0 bridgehead atoms. The van der Waals surface area contributed by atoms with Gasteiger partial charge in [-0.05, 0) is 43.7 Å². The molecule has 2 rings (SSSR count). The Labute approximate surface area is 172 Å². The summed E-state index contributed by atoms with van der Waals surface area (Å²) in [6, 6.07) is 13.9. The fourth-order valence-electron chi connectivity index (χ4n) is 2.48. The second-order valence-corrected chi connectivity index (χ2v) is 7.26. The van der Waals surface area contributed by atoms with Crippen LogP contribution >= 0.6 is 27.5 Å². The van der Waals surface area contributed by atoms with Gasteiger partial charge in [-0.2, -0.15) is 0 Å². The molecule has 27 heavy (non-hydrogen) atoms. The predicted octanol–water partition coefficient (Wildman–Crippen LogP) is 4.03. The fourth-order valence-corrected chi connectivity index (χ4v) is 2.93. The molecule has 5 nitrogen and oxygen atoms in total. The van der Waals surface area contributed by atoms with Crippen molar-refractivity contribution in [3.63, 3.8) is 0 Å². The van der Waals surface area contributed by atoms with Crippen molar-refractivity contribution in [3.05, 3.63) is 63.6 Å². The Hall–Kier alpha value is -2.05. The Morgan fingerprint density at radius 3 is 2.48 bits per heavy atom. The zero-order valence-corrected chi connectivity index (χ0v) is 17.6. The number of hydrogen-bond acceptors (Lipinski definition) is 3. The maximum atomic E-state index is 12.8. The molecule has 1 atom stereocenters. The molecule has 0 heterocycles. The zero-order chi connectivity index (χ0) is 19.8. The third-order valence-electron chi connectivity index (χ3n) is 3.97. The molecule has 2 aromatic carbocycles. The maximum Gasteiger partial charge on any atom is 0.261 e. The molecular formula is C20H22BrClN2O3. The van der Waals surface area contributed by atoms with Gasteiger partial charge < -0.3 is 15.0 Å². The molecule has 144 valence electrons. The number of carbonyl (C=O) groups excluding carboxylic acids is 2. The van der Waals surface area contributed by atoms with Crippen LogP contribution in [0.4, 0.5) is 0 Å². The first-order valence-corrected chi connectivity index (χ1v) is 9.78. The Kier molecular flexibility index (Phi) is 8.13. The van der Waals surface area contributed by atoms with Crippen molar-refractivity contribution in [2.75, 3.05) is 13.2 Å². The van der Waals surface area contributed by atoms with Gasteiger partial charge in [0.25, 0.3) is 5.91 Å². The summed E-state index contributed by atoms with van der Waals surface area (Å²) < 4.78 is 6.51. The van der Waals surface area contributed by atoms with Crippen molar-refractivity contribution in [1.29, 1.82) is 0 Å². The van der Waals surface area contributed by atoms with Crippen LogP contribution < -0.4 is 10.1 Å². The number of benzene rings is 2. The summed E-state index contributed by atoms with van der Waals surface area (Å²) in [5.41, 5.74) is 0.917. The summed E-state index contributed by atoms with van der Waals surface area (Å²) in [5, 5.41) is 3.19. The van der Waals surface area contributed by atoms with E-state index >= 15 is 0 Å². The number of halogens is 2. The number of nitrogens with zero attached hydrogens (tertiary/aromatic N) is 1. The second kappa shape index (κ2) is 10.3. The van der Waals surface area contributed by atoms with E-state index in [-0.39, 0.29) is 18.4 Å². The number of hydrogen-bond donors (Lipinski definition) is 1. The molecule has 7 heteroatoms. The summed E-state index contributed by atoms with van der Waals surface area (Å²) >= 11 is 9.46. The number of nitrogens with one attached hydrogen (secondary N) is 1. The molecule has 0 saturated heterocycles. The standard InChI is InChI=1S/C20H22BrClN2O3/c1-3-23-20(26)14(2)24(12-15-8-10-16(21)11-9-15)19(25)13-27-18-7-5-4-6-17(18)22/h4-11,14H,3,12-13H2,1-2H3,(H,23,26). The predicted molar refractivity (Wildman–Crippen MR) is 110 cm³/mol. The summed E-state index contributed by atoms with van der Waals surface area (Å²) in [5.74, 6) is -0.0703. The highest BCUT2D eigenvalue weighted by Crippen LogP contribution is 2.23. The average molecular weight is 454 g/mol. The highest BCUT2D eigenvalue weighted by molar-refractivity contribution is 9.10. The van der Waals surface area contributed by atoms with E-state index in [2.05, 4.69) is 21.2 Å². The molecule has 0 aliphatic rings. The van der Waals surface area contributed by atoms with Crippen LogP contribution in [-0.4, -0.2) is 35.9 Å². The normalized spacial score (nSPS) is 11.6. The smallest absolute Gasteiger partial charge is 0.261 e. The summed E-state index contributed by atoms with van der Waals surface area (Å²) in [6.07, 6.45) is 0. The first-order valence-electron chi connectivity index (χ1n) is 8.61. The van der Waals surface area contributed by atoms with Crippen LogP contribution in [0.15, 0.2) is 53.0 Å². The lowest BCUT2D eigenvalue weighted by Gasteiger charge is -2.28. The number of rotatable bonds is 8. The Balaban J connectivity index is 2.14. The van der Waals surface area contributed by atoms with E-state index in [0.29, 0.717) is 23.9 Å². The van der Waals surface area contributed by atoms with E-state index in [1.165, 1.54) is 4.90 Å². The number of para-hydroxylation sites is 1. The highest BCUT2D eigenvalue weighted by atomic mass is 79.9. The van der Waals surface area contributed by atoms with Gasteiger partial charge in [0.2, 0.25) is 5.91 Å². The topological polar surface area (TPSA) is 58.6 Å². The lowest BCUT2D eigenvalue weighted by Crippen LogP contribution is -2.49. The average Bonchev–Trinajstić information content (AvgIpc) is 2.66. The van der Waals surface area contributed by atoms with Gasteiger partial charge in [0.05, 0.1) is 5.02 Å². The minimum atomic E-state index is -0.629. The number of carbonyl (C=O) groups is 2. The van der Waals surface area contributed by atoms with Gasteiger partial charge in [-0.3, -0.25) is 9.59 Å². The van der Waals surface area contributed by atoms with Gasteiger partial charge >= 0.3 is 0 Å². The third-order valence-corrected chi connectivity index (χ3v) is 4.81.